The highest BCUT2D eigenvalue weighted by atomic mass is 16.5. The number of ether oxygens (including phenoxy) is 1. The summed E-state index contributed by atoms with van der Waals surface area (Å²) >= 11 is 0. The van der Waals surface area contributed by atoms with Crippen LogP contribution in [0.5, 0.6) is 0 Å². The van der Waals surface area contributed by atoms with E-state index < -0.39 is 23.6 Å². The van der Waals surface area contributed by atoms with Crippen molar-refractivity contribution in [2.24, 2.45) is 0 Å². The Bertz CT molecular complexity index is 494. The molecule has 0 spiro atoms. The van der Waals surface area contributed by atoms with Crippen LogP contribution in [0.1, 0.15) is 25.1 Å². The Kier molecular flexibility index (Phi) is 2.69. The van der Waals surface area contributed by atoms with Crippen molar-refractivity contribution in [3.05, 3.63) is 32.6 Å². The van der Waals surface area contributed by atoms with Crippen molar-refractivity contribution in [2.75, 3.05) is 0 Å². The monoisotopic (exact) mass is 226 g/mol. The van der Waals surface area contributed by atoms with Gasteiger partial charge in [0.25, 0.3) is 5.56 Å². The van der Waals surface area contributed by atoms with Crippen LogP contribution in [0.4, 0.5) is 0 Å². The largest absolute Gasteiger partial charge is 0.390 e. The molecule has 2 rings (SSSR count). The van der Waals surface area contributed by atoms with Crippen LogP contribution in [0.2, 0.25) is 0 Å². The van der Waals surface area contributed by atoms with Crippen LogP contribution >= 0.6 is 0 Å². The van der Waals surface area contributed by atoms with Gasteiger partial charge < -0.3 is 9.84 Å². The fraction of sp³-hybridized carbons (Fsp3) is 0.600. The summed E-state index contributed by atoms with van der Waals surface area (Å²) in [6, 6.07) is 0. The minimum Gasteiger partial charge on any atom is -0.390 e. The second kappa shape index (κ2) is 3.88. The topological polar surface area (TPSA) is 84.3 Å². The zero-order chi connectivity index (χ0) is 11.9. The number of rotatable bonds is 1. The van der Waals surface area contributed by atoms with E-state index in [2.05, 4.69) is 4.98 Å². The Labute approximate surface area is 91.5 Å². The van der Waals surface area contributed by atoms with E-state index in [9.17, 15) is 14.7 Å². The molecule has 0 radical (unpaired) electrons. The standard InChI is InChI=1S/C10H14N2O4/c1-5-4-12(10(15)11-9(5)14)8-3-7(13)6(2)16-8/h4,6-8,13H,3H2,1-2H3,(H,11,14,15)/t6-,7-,8-/m1/s1. The van der Waals surface area contributed by atoms with E-state index in [1.807, 2.05) is 0 Å². The van der Waals surface area contributed by atoms with Crippen molar-refractivity contribution in [1.82, 2.24) is 9.55 Å². The molecule has 6 heteroatoms. The van der Waals surface area contributed by atoms with Crippen molar-refractivity contribution in [2.45, 2.75) is 38.7 Å². The predicted molar refractivity (Wildman–Crippen MR) is 56.3 cm³/mol. The van der Waals surface area contributed by atoms with Gasteiger partial charge in [-0.1, -0.05) is 0 Å². The number of aryl methyl sites for hydroxylation is 1. The molecule has 1 aromatic rings. The van der Waals surface area contributed by atoms with Gasteiger partial charge >= 0.3 is 5.69 Å². The van der Waals surface area contributed by atoms with Gasteiger partial charge in [0.05, 0.1) is 12.2 Å². The first kappa shape index (κ1) is 11.1. The quantitative estimate of drug-likeness (QED) is 0.677. The van der Waals surface area contributed by atoms with Gasteiger partial charge in [-0.25, -0.2) is 4.79 Å². The van der Waals surface area contributed by atoms with Crippen LogP contribution in [-0.2, 0) is 4.74 Å². The summed E-state index contributed by atoms with van der Waals surface area (Å²) in [7, 11) is 0. The number of aromatic amines is 1. The molecule has 1 aromatic heterocycles. The van der Waals surface area contributed by atoms with Crippen molar-refractivity contribution in [3.63, 3.8) is 0 Å². The van der Waals surface area contributed by atoms with E-state index in [0.717, 1.165) is 0 Å². The maximum Gasteiger partial charge on any atom is 0.330 e. The van der Waals surface area contributed by atoms with E-state index in [1.165, 1.54) is 10.8 Å². The van der Waals surface area contributed by atoms with Gasteiger partial charge in [-0.15, -0.1) is 0 Å². The lowest BCUT2D eigenvalue weighted by Crippen LogP contribution is -2.33. The summed E-state index contributed by atoms with van der Waals surface area (Å²) in [6.07, 6.45) is 0.421. The lowest BCUT2D eigenvalue weighted by atomic mass is 10.2. The Balaban J connectivity index is 2.39. The number of aliphatic hydroxyl groups is 1. The van der Waals surface area contributed by atoms with Gasteiger partial charge in [0.2, 0.25) is 0 Å². The first-order chi connectivity index (χ1) is 7.49. The number of nitrogens with zero attached hydrogens (tertiary/aromatic N) is 1. The molecule has 3 atom stereocenters. The number of nitrogens with one attached hydrogen (secondary N) is 1. The molecule has 6 nitrogen and oxygen atoms in total. The molecule has 0 unspecified atom stereocenters. The third kappa shape index (κ3) is 1.81. The van der Waals surface area contributed by atoms with Crippen molar-refractivity contribution in [3.8, 4) is 0 Å². The number of H-pyrrole nitrogens is 1. The van der Waals surface area contributed by atoms with Gasteiger partial charge in [0.1, 0.15) is 6.23 Å². The summed E-state index contributed by atoms with van der Waals surface area (Å²) in [6.45, 7) is 3.36. The third-order valence-electron chi connectivity index (χ3n) is 2.81. The number of aliphatic hydroxyl groups excluding tert-OH is 1. The normalized spacial score (nSPS) is 29.6. The van der Waals surface area contributed by atoms with Crippen molar-refractivity contribution in [1.29, 1.82) is 0 Å². The van der Waals surface area contributed by atoms with Gasteiger partial charge in [0.15, 0.2) is 0 Å². The molecule has 1 aliphatic heterocycles. The number of aromatic nitrogens is 2. The molecule has 0 saturated carbocycles. The van der Waals surface area contributed by atoms with Crippen LogP contribution in [0, 0.1) is 6.92 Å². The highest BCUT2D eigenvalue weighted by molar-refractivity contribution is 5.01. The highest BCUT2D eigenvalue weighted by Gasteiger charge is 2.32. The first-order valence-corrected chi connectivity index (χ1v) is 5.14. The first-order valence-electron chi connectivity index (χ1n) is 5.14. The fourth-order valence-electron chi connectivity index (χ4n) is 1.77. The molecule has 1 fully saturated rings. The summed E-state index contributed by atoms with van der Waals surface area (Å²) in [4.78, 5) is 24.9. The van der Waals surface area contributed by atoms with Gasteiger partial charge in [-0.05, 0) is 13.8 Å². The maximum atomic E-state index is 11.5. The van der Waals surface area contributed by atoms with Crippen LogP contribution in [0.3, 0.4) is 0 Å². The Morgan fingerprint density at radius 1 is 1.56 bits per heavy atom. The molecular weight excluding hydrogens is 212 g/mol. The molecule has 0 bridgehead atoms. The summed E-state index contributed by atoms with van der Waals surface area (Å²) in [5, 5.41) is 9.53. The molecule has 0 aromatic carbocycles. The van der Waals surface area contributed by atoms with Crippen molar-refractivity contribution < 1.29 is 9.84 Å². The summed E-state index contributed by atoms with van der Waals surface area (Å²) in [5.41, 5.74) is -0.466. The second-order valence-corrected chi connectivity index (χ2v) is 4.08. The zero-order valence-corrected chi connectivity index (χ0v) is 9.14. The average Bonchev–Trinajstić information content (AvgIpc) is 2.53. The molecule has 16 heavy (non-hydrogen) atoms. The van der Waals surface area contributed by atoms with Gasteiger partial charge in [0, 0.05) is 18.2 Å². The Morgan fingerprint density at radius 3 is 2.81 bits per heavy atom. The second-order valence-electron chi connectivity index (χ2n) is 4.08. The molecular formula is C10H14N2O4. The fourth-order valence-corrected chi connectivity index (χ4v) is 1.77. The van der Waals surface area contributed by atoms with E-state index >= 15 is 0 Å². The minimum absolute atomic E-state index is 0.302. The lowest BCUT2D eigenvalue weighted by molar-refractivity contribution is -0.0102. The zero-order valence-electron chi connectivity index (χ0n) is 9.14. The highest BCUT2D eigenvalue weighted by Crippen LogP contribution is 2.26. The van der Waals surface area contributed by atoms with Gasteiger partial charge in [-0.3, -0.25) is 14.3 Å². The molecule has 0 aliphatic carbocycles. The van der Waals surface area contributed by atoms with Crippen LogP contribution < -0.4 is 11.2 Å². The van der Waals surface area contributed by atoms with Gasteiger partial charge in [-0.2, -0.15) is 0 Å². The lowest BCUT2D eigenvalue weighted by Gasteiger charge is -2.13. The number of hydrogen-bond acceptors (Lipinski definition) is 4. The Morgan fingerprint density at radius 2 is 2.25 bits per heavy atom. The van der Waals surface area contributed by atoms with E-state index in [4.69, 9.17) is 4.74 Å². The molecule has 1 saturated heterocycles. The van der Waals surface area contributed by atoms with E-state index in [-0.39, 0.29) is 6.10 Å². The maximum absolute atomic E-state index is 11.5. The summed E-state index contributed by atoms with van der Waals surface area (Å²) < 4.78 is 6.74. The molecule has 1 aliphatic rings. The average molecular weight is 226 g/mol. The predicted octanol–water partition coefficient (Wildman–Crippen LogP) is -0.487. The van der Waals surface area contributed by atoms with Crippen LogP contribution in [0.15, 0.2) is 15.8 Å². The van der Waals surface area contributed by atoms with Crippen LogP contribution in [-0.4, -0.2) is 26.9 Å². The van der Waals surface area contributed by atoms with E-state index in [1.54, 1.807) is 13.8 Å². The molecule has 88 valence electrons. The SMILES string of the molecule is Cc1cn([C@H]2C[C@@H](O)[C@@H](C)O2)c(=O)[nH]c1=O. The Hall–Kier alpha value is -1.40. The van der Waals surface area contributed by atoms with Crippen molar-refractivity contribution >= 4 is 0 Å². The third-order valence-corrected chi connectivity index (χ3v) is 2.81. The molecule has 2 heterocycles. The number of hydrogen-bond donors (Lipinski definition) is 2. The van der Waals surface area contributed by atoms with Crippen LogP contribution in [0.25, 0.3) is 0 Å². The summed E-state index contributed by atoms with van der Waals surface area (Å²) in [5.74, 6) is 0. The smallest absolute Gasteiger partial charge is 0.330 e. The van der Waals surface area contributed by atoms with E-state index in [0.29, 0.717) is 12.0 Å². The minimum atomic E-state index is -0.580. The molecule has 2 N–H and O–H groups in total. The molecule has 0 amide bonds.